The van der Waals surface area contributed by atoms with Crippen LogP contribution in [0.25, 0.3) is 0 Å². The molecule has 192 valence electrons. The van der Waals surface area contributed by atoms with Crippen LogP contribution in [0, 0.1) is 0 Å². The number of anilines is 2. The molecule has 0 radical (unpaired) electrons. The van der Waals surface area contributed by atoms with Gasteiger partial charge in [-0.15, -0.1) is 0 Å². The van der Waals surface area contributed by atoms with E-state index < -0.39 is 15.9 Å². The van der Waals surface area contributed by atoms with Gasteiger partial charge in [0.05, 0.1) is 38.3 Å². The molecule has 0 aromatic heterocycles. The number of aryl methyl sites for hydroxylation is 1. The Kier molecular flexibility index (Phi) is 9.23. The van der Waals surface area contributed by atoms with Gasteiger partial charge in [-0.05, 0) is 54.3 Å². The number of benzene rings is 3. The van der Waals surface area contributed by atoms with Crippen LogP contribution in [0.2, 0.25) is 5.02 Å². The lowest BCUT2D eigenvalue weighted by Gasteiger charge is -2.26. The molecule has 0 saturated carbocycles. The molecule has 0 bridgehead atoms. The smallest absolute Gasteiger partial charge is 0.257 e. The van der Waals surface area contributed by atoms with E-state index in [9.17, 15) is 13.2 Å². The third kappa shape index (κ3) is 6.92. The van der Waals surface area contributed by atoms with E-state index in [0.717, 1.165) is 25.5 Å². The van der Waals surface area contributed by atoms with Crippen LogP contribution >= 0.6 is 11.6 Å². The minimum absolute atomic E-state index is 0.00209. The van der Waals surface area contributed by atoms with Gasteiger partial charge in [0.15, 0.2) is 11.5 Å². The average molecular weight is 531 g/mol. The van der Waals surface area contributed by atoms with Crippen LogP contribution in [-0.4, -0.2) is 34.8 Å². The van der Waals surface area contributed by atoms with E-state index >= 15 is 0 Å². The summed E-state index contributed by atoms with van der Waals surface area (Å²) in [6, 6.07) is 17.5. The van der Waals surface area contributed by atoms with E-state index in [2.05, 4.69) is 12.2 Å². The van der Waals surface area contributed by atoms with E-state index in [1.807, 2.05) is 24.3 Å². The average Bonchev–Trinajstić information content (AvgIpc) is 2.86. The summed E-state index contributed by atoms with van der Waals surface area (Å²) in [7, 11) is -0.886. The number of nitrogens with zero attached hydrogens (tertiary/aromatic N) is 1. The Bertz CT molecular complexity index is 1290. The van der Waals surface area contributed by atoms with Crippen molar-refractivity contribution in [1.29, 1.82) is 0 Å². The summed E-state index contributed by atoms with van der Waals surface area (Å²) < 4.78 is 37.8. The molecule has 0 saturated heterocycles. The molecular formula is C27H31ClN2O5S. The number of methoxy groups -OCH3 is 2. The number of carbonyl (C=O) groups excluding carboxylic acids is 1. The SMILES string of the molecule is CCCCc1ccc(NC(=O)c2cc(OC)c(OC)cc2N(Cc2ccc(Cl)cc2)S(C)(=O)=O)cc1. The topological polar surface area (TPSA) is 84.9 Å². The Morgan fingerprint density at radius 2 is 1.53 bits per heavy atom. The summed E-state index contributed by atoms with van der Waals surface area (Å²) in [6.45, 7) is 2.14. The molecule has 1 N–H and O–H groups in total. The second-order valence-corrected chi connectivity index (χ2v) is 10.7. The number of rotatable bonds is 11. The number of sulfonamides is 1. The predicted molar refractivity (Wildman–Crippen MR) is 145 cm³/mol. The van der Waals surface area contributed by atoms with Crippen LogP contribution in [0.3, 0.4) is 0 Å². The van der Waals surface area contributed by atoms with Gasteiger partial charge < -0.3 is 14.8 Å². The minimum Gasteiger partial charge on any atom is -0.493 e. The van der Waals surface area contributed by atoms with Crippen LogP contribution in [0.5, 0.6) is 11.5 Å². The second-order valence-electron chi connectivity index (χ2n) is 8.38. The maximum atomic E-state index is 13.4. The number of hydrogen-bond donors (Lipinski definition) is 1. The van der Waals surface area contributed by atoms with E-state index in [4.69, 9.17) is 21.1 Å². The van der Waals surface area contributed by atoms with Crippen LogP contribution in [-0.2, 0) is 23.0 Å². The van der Waals surface area contributed by atoms with Gasteiger partial charge in [0.25, 0.3) is 5.91 Å². The Balaban J connectivity index is 2.03. The lowest BCUT2D eigenvalue weighted by atomic mass is 10.1. The predicted octanol–water partition coefficient (Wildman–Crippen LogP) is 5.92. The highest BCUT2D eigenvalue weighted by Crippen LogP contribution is 2.37. The Morgan fingerprint density at radius 3 is 2.08 bits per heavy atom. The molecule has 3 aromatic carbocycles. The van der Waals surface area contributed by atoms with E-state index in [-0.39, 0.29) is 17.8 Å². The van der Waals surface area contributed by atoms with Crippen LogP contribution in [0.1, 0.15) is 41.3 Å². The zero-order valence-electron chi connectivity index (χ0n) is 20.9. The maximum Gasteiger partial charge on any atom is 0.257 e. The third-order valence-corrected chi connectivity index (χ3v) is 7.06. The first kappa shape index (κ1) is 27.4. The molecule has 0 atom stereocenters. The molecule has 0 heterocycles. The highest BCUT2D eigenvalue weighted by atomic mass is 35.5. The van der Waals surface area contributed by atoms with Crippen LogP contribution in [0.4, 0.5) is 11.4 Å². The van der Waals surface area contributed by atoms with E-state index in [0.29, 0.717) is 27.8 Å². The lowest BCUT2D eigenvalue weighted by Crippen LogP contribution is -2.31. The van der Waals surface area contributed by atoms with Crippen molar-refractivity contribution in [1.82, 2.24) is 0 Å². The molecule has 3 rings (SSSR count). The molecule has 0 aliphatic heterocycles. The fraction of sp³-hybridized carbons (Fsp3) is 0.296. The zero-order chi connectivity index (χ0) is 26.3. The first-order valence-electron chi connectivity index (χ1n) is 11.5. The molecule has 0 aliphatic carbocycles. The molecule has 9 heteroatoms. The maximum absolute atomic E-state index is 13.4. The summed E-state index contributed by atoms with van der Waals surface area (Å²) in [4.78, 5) is 13.4. The molecule has 3 aromatic rings. The molecule has 0 fully saturated rings. The fourth-order valence-corrected chi connectivity index (χ4v) is 4.75. The van der Waals surface area contributed by atoms with Gasteiger partial charge >= 0.3 is 0 Å². The number of hydrogen-bond acceptors (Lipinski definition) is 5. The largest absolute Gasteiger partial charge is 0.493 e. The van der Waals surface area contributed by atoms with Crippen LogP contribution < -0.4 is 19.1 Å². The lowest BCUT2D eigenvalue weighted by molar-refractivity contribution is 0.102. The van der Waals surface area contributed by atoms with Gasteiger partial charge in [-0.3, -0.25) is 9.10 Å². The summed E-state index contributed by atoms with van der Waals surface area (Å²) in [5, 5.41) is 3.41. The Morgan fingerprint density at radius 1 is 0.944 bits per heavy atom. The number of ether oxygens (including phenoxy) is 2. The number of carbonyl (C=O) groups is 1. The molecule has 0 spiro atoms. The molecule has 36 heavy (non-hydrogen) atoms. The summed E-state index contributed by atoms with van der Waals surface area (Å²) in [5.41, 5.74) is 2.79. The molecule has 7 nitrogen and oxygen atoms in total. The van der Waals surface area contributed by atoms with Crippen molar-refractivity contribution < 1.29 is 22.7 Å². The highest BCUT2D eigenvalue weighted by Gasteiger charge is 2.26. The monoisotopic (exact) mass is 530 g/mol. The van der Waals surface area contributed by atoms with Gasteiger partial charge in [0.2, 0.25) is 10.0 Å². The third-order valence-electron chi connectivity index (χ3n) is 5.69. The molecule has 0 unspecified atom stereocenters. The molecule has 1 amide bonds. The second kappa shape index (κ2) is 12.1. The molecule has 0 aliphatic rings. The van der Waals surface area contributed by atoms with Gasteiger partial charge in [0, 0.05) is 16.8 Å². The van der Waals surface area contributed by atoms with E-state index in [1.54, 1.807) is 24.3 Å². The Labute approximate surface area is 218 Å². The van der Waals surface area contributed by atoms with Crippen molar-refractivity contribution >= 4 is 38.9 Å². The summed E-state index contributed by atoms with van der Waals surface area (Å²) in [5.74, 6) is 0.132. The first-order chi connectivity index (χ1) is 17.2. The van der Waals surface area contributed by atoms with Crippen molar-refractivity contribution in [3.63, 3.8) is 0 Å². The van der Waals surface area contributed by atoms with E-state index in [1.165, 1.54) is 36.2 Å². The number of halogens is 1. The number of unbranched alkanes of at least 4 members (excludes halogenated alkanes) is 1. The van der Waals surface area contributed by atoms with Crippen LogP contribution in [0.15, 0.2) is 60.7 Å². The van der Waals surface area contributed by atoms with Gasteiger partial charge in [0.1, 0.15) is 0 Å². The standard InChI is InChI=1S/C27H31ClN2O5S/c1-5-6-7-19-10-14-22(15-11-19)29-27(31)23-16-25(34-2)26(35-3)17-24(23)30(36(4,32)33)18-20-8-12-21(28)13-9-20/h8-17H,5-7,18H2,1-4H3,(H,29,31). The number of amides is 1. The Hall–Kier alpha value is -3.23. The molecular weight excluding hydrogens is 500 g/mol. The minimum atomic E-state index is -3.79. The van der Waals surface area contributed by atoms with Crippen molar-refractivity contribution in [3.05, 3.63) is 82.4 Å². The van der Waals surface area contributed by atoms with Gasteiger partial charge in [-0.2, -0.15) is 0 Å². The first-order valence-corrected chi connectivity index (χ1v) is 13.8. The fourth-order valence-electron chi connectivity index (χ4n) is 3.73. The quantitative estimate of drug-likeness (QED) is 0.332. The van der Waals surface area contributed by atoms with Crippen molar-refractivity contribution in [2.75, 3.05) is 30.1 Å². The van der Waals surface area contributed by atoms with Crippen molar-refractivity contribution in [2.45, 2.75) is 32.7 Å². The van der Waals surface area contributed by atoms with Crippen molar-refractivity contribution in [2.24, 2.45) is 0 Å². The summed E-state index contributed by atoms with van der Waals surface area (Å²) in [6.07, 6.45) is 4.26. The number of nitrogens with one attached hydrogen (secondary N) is 1. The van der Waals surface area contributed by atoms with Crippen molar-refractivity contribution in [3.8, 4) is 11.5 Å². The summed E-state index contributed by atoms with van der Waals surface area (Å²) >= 11 is 5.99. The zero-order valence-corrected chi connectivity index (χ0v) is 22.4. The van der Waals surface area contributed by atoms with Gasteiger partial charge in [-0.1, -0.05) is 49.2 Å². The highest BCUT2D eigenvalue weighted by molar-refractivity contribution is 7.92. The van der Waals surface area contributed by atoms with Gasteiger partial charge in [-0.25, -0.2) is 8.42 Å². The normalized spacial score (nSPS) is 11.1.